The Morgan fingerprint density at radius 1 is 1.10 bits per heavy atom. The van der Waals surface area contributed by atoms with Crippen LogP contribution in [0, 0.1) is 0 Å². The van der Waals surface area contributed by atoms with Crippen LogP contribution in [0.25, 0.3) is 11.3 Å². The Morgan fingerprint density at radius 3 is 2.52 bits per heavy atom. The number of aromatic nitrogens is 2. The van der Waals surface area contributed by atoms with E-state index in [1.54, 1.807) is 0 Å². The predicted octanol–water partition coefficient (Wildman–Crippen LogP) is 3.21. The molecular formula is C23H24N4O2. The zero-order valence-electron chi connectivity index (χ0n) is 16.4. The number of hydrogen-bond acceptors (Lipinski definition) is 3. The molecule has 6 nitrogen and oxygen atoms in total. The lowest BCUT2D eigenvalue weighted by Gasteiger charge is -2.27. The highest BCUT2D eigenvalue weighted by atomic mass is 16.2. The average molecular weight is 388 g/mol. The molecule has 29 heavy (non-hydrogen) atoms. The third-order valence-electron chi connectivity index (χ3n) is 5.22. The highest BCUT2D eigenvalue weighted by molar-refractivity contribution is 5.99. The van der Waals surface area contributed by atoms with E-state index in [4.69, 9.17) is 0 Å². The summed E-state index contributed by atoms with van der Waals surface area (Å²) in [4.78, 5) is 26.6. The van der Waals surface area contributed by atoms with E-state index in [0.29, 0.717) is 25.3 Å². The molecule has 1 aliphatic heterocycles. The maximum absolute atomic E-state index is 12.5. The topological polar surface area (TPSA) is 67.2 Å². The molecule has 2 heterocycles. The smallest absolute Gasteiger partial charge is 0.240 e. The Kier molecular flexibility index (Phi) is 5.42. The zero-order valence-corrected chi connectivity index (χ0v) is 16.4. The summed E-state index contributed by atoms with van der Waals surface area (Å²) in [5.41, 5.74) is 2.97. The number of carbonyl (C=O) groups excluding carboxylic acids is 2. The third-order valence-corrected chi connectivity index (χ3v) is 5.22. The SMILES string of the molecule is CC(CNC(=O)CN1C(=O)CCn2nc(-c3ccccc3)cc21)c1ccccc1. The van der Waals surface area contributed by atoms with Gasteiger partial charge in [-0.2, -0.15) is 5.10 Å². The minimum absolute atomic E-state index is 0.000264. The second-order valence-corrected chi connectivity index (χ2v) is 7.32. The van der Waals surface area contributed by atoms with Crippen molar-refractivity contribution in [1.29, 1.82) is 0 Å². The Morgan fingerprint density at radius 2 is 1.79 bits per heavy atom. The number of anilines is 1. The van der Waals surface area contributed by atoms with Gasteiger partial charge in [0.1, 0.15) is 12.4 Å². The first-order valence-electron chi connectivity index (χ1n) is 9.87. The van der Waals surface area contributed by atoms with Crippen LogP contribution in [0.1, 0.15) is 24.8 Å². The number of rotatable bonds is 6. The van der Waals surface area contributed by atoms with Crippen molar-refractivity contribution in [1.82, 2.24) is 15.1 Å². The van der Waals surface area contributed by atoms with Gasteiger partial charge in [-0.3, -0.25) is 14.5 Å². The summed E-state index contributed by atoms with van der Waals surface area (Å²) in [5.74, 6) is 0.652. The molecule has 1 aromatic heterocycles. The molecular weight excluding hydrogens is 364 g/mol. The molecule has 2 aromatic carbocycles. The molecule has 0 radical (unpaired) electrons. The fourth-order valence-corrected chi connectivity index (χ4v) is 3.54. The normalized spacial score (nSPS) is 14.4. The van der Waals surface area contributed by atoms with Crippen LogP contribution in [0.3, 0.4) is 0 Å². The number of nitrogens with one attached hydrogen (secondary N) is 1. The van der Waals surface area contributed by atoms with Crippen molar-refractivity contribution in [3.05, 3.63) is 72.3 Å². The fraction of sp³-hybridized carbons (Fsp3) is 0.261. The lowest BCUT2D eigenvalue weighted by Crippen LogP contribution is -2.44. The second-order valence-electron chi connectivity index (χ2n) is 7.32. The summed E-state index contributed by atoms with van der Waals surface area (Å²) in [7, 11) is 0. The van der Waals surface area contributed by atoms with Gasteiger partial charge in [-0.15, -0.1) is 0 Å². The minimum Gasteiger partial charge on any atom is -0.354 e. The molecule has 0 spiro atoms. The summed E-state index contributed by atoms with van der Waals surface area (Å²) < 4.78 is 1.81. The number of fused-ring (bicyclic) bond motifs is 1. The number of benzene rings is 2. The molecule has 6 heteroatoms. The summed E-state index contributed by atoms with van der Waals surface area (Å²) in [6.45, 7) is 3.13. The molecule has 0 bridgehead atoms. The summed E-state index contributed by atoms with van der Waals surface area (Å²) in [5, 5.41) is 7.57. The Bertz CT molecular complexity index is 998. The van der Waals surface area contributed by atoms with Crippen LogP contribution in [0.5, 0.6) is 0 Å². The van der Waals surface area contributed by atoms with Gasteiger partial charge in [0.05, 0.1) is 12.2 Å². The number of carbonyl (C=O) groups is 2. The third kappa shape index (κ3) is 4.21. The highest BCUT2D eigenvalue weighted by Crippen LogP contribution is 2.27. The van der Waals surface area contributed by atoms with Gasteiger partial charge in [0.25, 0.3) is 0 Å². The summed E-state index contributed by atoms with van der Waals surface area (Å²) >= 11 is 0. The van der Waals surface area contributed by atoms with Gasteiger partial charge in [-0.1, -0.05) is 67.6 Å². The van der Waals surface area contributed by atoms with Gasteiger partial charge in [0.15, 0.2) is 0 Å². The molecule has 3 aromatic rings. The largest absolute Gasteiger partial charge is 0.354 e. The zero-order chi connectivity index (χ0) is 20.2. The van der Waals surface area contributed by atoms with Gasteiger partial charge in [0, 0.05) is 24.6 Å². The van der Waals surface area contributed by atoms with E-state index < -0.39 is 0 Å². The Balaban J connectivity index is 1.44. The van der Waals surface area contributed by atoms with Crippen LogP contribution >= 0.6 is 0 Å². The van der Waals surface area contributed by atoms with Crippen LogP contribution in [0.15, 0.2) is 66.7 Å². The Labute approximate surface area is 170 Å². The van der Waals surface area contributed by atoms with E-state index in [2.05, 4.69) is 29.5 Å². The maximum Gasteiger partial charge on any atom is 0.240 e. The van der Waals surface area contributed by atoms with Crippen LogP contribution < -0.4 is 10.2 Å². The lowest BCUT2D eigenvalue weighted by atomic mass is 10.0. The van der Waals surface area contributed by atoms with Crippen LogP contribution in [0.4, 0.5) is 5.82 Å². The number of nitrogens with zero attached hydrogens (tertiary/aromatic N) is 3. The molecule has 4 rings (SSSR count). The maximum atomic E-state index is 12.5. The molecule has 1 unspecified atom stereocenters. The van der Waals surface area contributed by atoms with Crippen LogP contribution in [0.2, 0.25) is 0 Å². The Hall–Kier alpha value is -3.41. The van der Waals surface area contributed by atoms with Crippen molar-refractivity contribution >= 4 is 17.6 Å². The van der Waals surface area contributed by atoms with Crippen molar-refractivity contribution in [3.8, 4) is 11.3 Å². The van der Waals surface area contributed by atoms with E-state index >= 15 is 0 Å². The molecule has 1 N–H and O–H groups in total. The van der Waals surface area contributed by atoms with E-state index in [0.717, 1.165) is 11.3 Å². The van der Waals surface area contributed by atoms with Gasteiger partial charge < -0.3 is 5.32 Å². The highest BCUT2D eigenvalue weighted by Gasteiger charge is 2.28. The van der Waals surface area contributed by atoms with Gasteiger partial charge >= 0.3 is 0 Å². The van der Waals surface area contributed by atoms with Crippen LogP contribution in [-0.2, 0) is 16.1 Å². The fourth-order valence-electron chi connectivity index (χ4n) is 3.54. The molecule has 0 saturated heterocycles. The van der Waals surface area contributed by atoms with Crippen molar-refractivity contribution in [2.75, 3.05) is 18.0 Å². The number of aryl methyl sites for hydroxylation is 1. The molecule has 0 fully saturated rings. The average Bonchev–Trinajstić information content (AvgIpc) is 3.20. The van der Waals surface area contributed by atoms with E-state index in [1.165, 1.54) is 10.5 Å². The van der Waals surface area contributed by atoms with Crippen molar-refractivity contribution in [2.45, 2.75) is 25.8 Å². The molecule has 2 amide bonds. The van der Waals surface area contributed by atoms with E-state index in [1.807, 2.05) is 59.3 Å². The molecule has 0 aliphatic carbocycles. The standard InChI is InChI=1S/C23H24N4O2/c1-17(18-8-4-2-5-9-18)15-24-21(28)16-26-22-14-20(19-10-6-3-7-11-19)25-27(22)13-12-23(26)29/h2-11,14,17H,12-13,15-16H2,1H3,(H,24,28). The molecule has 1 atom stereocenters. The van der Waals surface area contributed by atoms with Gasteiger partial charge in [0.2, 0.25) is 11.8 Å². The van der Waals surface area contributed by atoms with Gasteiger partial charge in [-0.25, -0.2) is 4.68 Å². The minimum atomic E-state index is -0.169. The van der Waals surface area contributed by atoms with Crippen molar-refractivity contribution in [3.63, 3.8) is 0 Å². The molecule has 1 aliphatic rings. The predicted molar refractivity (Wildman–Crippen MR) is 112 cm³/mol. The van der Waals surface area contributed by atoms with Crippen LogP contribution in [-0.4, -0.2) is 34.7 Å². The van der Waals surface area contributed by atoms with Crippen molar-refractivity contribution < 1.29 is 9.59 Å². The van der Waals surface area contributed by atoms with Gasteiger partial charge in [-0.05, 0) is 11.5 Å². The summed E-state index contributed by atoms with van der Waals surface area (Å²) in [6, 6.07) is 21.8. The number of hydrogen-bond donors (Lipinski definition) is 1. The molecule has 148 valence electrons. The quantitative estimate of drug-likeness (QED) is 0.705. The lowest BCUT2D eigenvalue weighted by molar-refractivity contribution is -0.124. The summed E-state index contributed by atoms with van der Waals surface area (Å²) in [6.07, 6.45) is 0.344. The van der Waals surface area contributed by atoms with Crippen molar-refractivity contribution in [2.24, 2.45) is 0 Å². The second kappa shape index (κ2) is 8.31. The monoisotopic (exact) mass is 388 g/mol. The first kappa shape index (κ1) is 18.9. The first-order chi connectivity index (χ1) is 14.1. The van der Waals surface area contributed by atoms with E-state index in [-0.39, 0.29) is 24.3 Å². The van der Waals surface area contributed by atoms with E-state index in [9.17, 15) is 9.59 Å². The molecule has 0 saturated carbocycles. The number of amides is 2. The first-order valence-corrected chi connectivity index (χ1v) is 9.87.